The quantitative estimate of drug-likeness (QED) is 0.497. The van der Waals surface area contributed by atoms with Gasteiger partial charge in [-0.05, 0) is 17.7 Å². The van der Waals surface area contributed by atoms with Crippen molar-refractivity contribution in [2.45, 2.75) is 6.42 Å². The van der Waals surface area contributed by atoms with Gasteiger partial charge in [0.1, 0.15) is 11.3 Å². The Morgan fingerprint density at radius 2 is 2.09 bits per heavy atom. The van der Waals surface area contributed by atoms with Crippen molar-refractivity contribution in [3.63, 3.8) is 0 Å². The van der Waals surface area contributed by atoms with E-state index in [1.165, 1.54) is 18.2 Å². The molecule has 1 heterocycles. The summed E-state index contributed by atoms with van der Waals surface area (Å²) in [7, 11) is 0. The van der Waals surface area contributed by atoms with Gasteiger partial charge in [-0.25, -0.2) is 4.79 Å². The molecule has 0 aliphatic heterocycles. The molecule has 0 unspecified atom stereocenters. The predicted molar refractivity (Wildman–Crippen MR) is 78.8 cm³/mol. The van der Waals surface area contributed by atoms with Crippen molar-refractivity contribution in [1.29, 1.82) is 0 Å². The van der Waals surface area contributed by atoms with Gasteiger partial charge in [0.05, 0.1) is 26.2 Å². The molecule has 1 aromatic heterocycles. The second kappa shape index (κ2) is 7.58. The second-order valence-corrected chi connectivity index (χ2v) is 4.63. The Morgan fingerprint density at radius 1 is 1.27 bits per heavy atom. The summed E-state index contributed by atoms with van der Waals surface area (Å²) >= 11 is 0. The van der Waals surface area contributed by atoms with Crippen molar-refractivity contribution >= 4 is 16.9 Å². The molecular formula is C15H17NO6. The van der Waals surface area contributed by atoms with E-state index >= 15 is 0 Å². The number of hydrogen-bond acceptors (Lipinski definition) is 6. The van der Waals surface area contributed by atoms with Crippen LogP contribution in [-0.2, 0) is 16.0 Å². The SMILES string of the molecule is O=C(Cc1cc(=O)oc2cc(O)ccc12)NCCOCCO. The normalized spacial score (nSPS) is 10.8. The Kier molecular flexibility index (Phi) is 5.51. The first-order valence-corrected chi connectivity index (χ1v) is 6.81. The molecule has 7 nitrogen and oxygen atoms in total. The van der Waals surface area contributed by atoms with Gasteiger partial charge in [-0.15, -0.1) is 0 Å². The topological polar surface area (TPSA) is 109 Å². The van der Waals surface area contributed by atoms with Crippen molar-refractivity contribution in [1.82, 2.24) is 5.32 Å². The molecule has 118 valence electrons. The number of aliphatic hydroxyl groups excluding tert-OH is 1. The van der Waals surface area contributed by atoms with Crippen LogP contribution in [0.5, 0.6) is 5.75 Å². The van der Waals surface area contributed by atoms with Crippen LogP contribution in [0.25, 0.3) is 11.0 Å². The van der Waals surface area contributed by atoms with Crippen LogP contribution in [0.4, 0.5) is 0 Å². The zero-order valence-corrected chi connectivity index (χ0v) is 11.9. The van der Waals surface area contributed by atoms with Crippen LogP contribution in [0, 0.1) is 0 Å². The predicted octanol–water partition coefficient (Wildman–Crippen LogP) is 0.166. The molecule has 2 rings (SSSR count). The van der Waals surface area contributed by atoms with E-state index in [2.05, 4.69) is 5.32 Å². The van der Waals surface area contributed by atoms with Crippen LogP contribution >= 0.6 is 0 Å². The zero-order chi connectivity index (χ0) is 15.9. The number of ether oxygens (including phenoxy) is 1. The van der Waals surface area contributed by atoms with Crippen molar-refractivity contribution in [2.24, 2.45) is 0 Å². The number of nitrogens with one attached hydrogen (secondary N) is 1. The van der Waals surface area contributed by atoms with Gasteiger partial charge >= 0.3 is 5.63 Å². The monoisotopic (exact) mass is 307 g/mol. The minimum Gasteiger partial charge on any atom is -0.508 e. The lowest BCUT2D eigenvalue weighted by Crippen LogP contribution is -2.29. The highest BCUT2D eigenvalue weighted by atomic mass is 16.5. The molecule has 0 bridgehead atoms. The summed E-state index contributed by atoms with van der Waals surface area (Å²) in [6, 6.07) is 5.66. The molecule has 7 heteroatoms. The number of aliphatic hydroxyl groups is 1. The average molecular weight is 307 g/mol. The summed E-state index contributed by atoms with van der Waals surface area (Å²) in [5, 5.41) is 21.2. The van der Waals surface area contributed by atoms with Crippen LogP contribution in [0.1, 0.15) is 5.56 Å². The summed E-state index contributed by atoms with van der Waals surface area (Å²) in [6.07, 6.45) is 0.0207. The maximum atomic E-state index is 11.9. The number of carbonyl (C=O) groups excluding carboxylic acids is 1. The maximum Gasteiger partial charge on any atom is 0.336 e. The maximum absolute atomic E-state index is 11.9. The van der Waals surface area contributed by atoms with Gasteiger partial charge in [0.2, 0.25) is 5.91 Å². The van der Waals surface area contributed by atoms with Gasteiger partial charge in [-0.1, -0.05) is 0 Å². The van der Waals surface area contributed by atoms with E-state index in [1.807, 2.05) is 0 Å². The van der Waals surface area contributed by atoms with Gasteiger partial charge in [-0.2, -0.15) is 0 Å². The highest BCUT2D eigenvalue weighted by Gasteiger charge is 2.10. The molecule has 2 aromatic rings. The van der Waals surface area contributed by atoms with Crippen molar-refractivity contribution in [2.75, 3.05) is 26.4 Å². The van der Waals surface area contributed by atoms with Gasteiger partial charge < -0.3 is 24.7 Å². The fourth-order valence-corrected chi connectivity index (χ4v) is 2.03. The van der Waals surface area contributed by atoms with Crippen LogP contribution in [0.2, 0.25) is 0 Å². The lowest BCUT2D eigenvalue weighted by molar-refractivity contribution is -0.120. The van der Waals surface area contributed by atoms with Crippen molar-refractivity contribution in [3.05, 3.63) is 40.2 Å². The van der Waals surface area contributed by atoms with Crippen molar-refractivity contribution in [3.8, 4) is 5.75 Å². The largest absolute Gasteiger partial charge is 0.508 e. The fourth-order valence-electron chi connectivity index (χ4n) is 2.03. The molecule has 0 spiro atoms. The molecule has 0 saturated heterocycles. The summed E-state index contributed by atoms with van der Waals surface area (Å²) < 4.78 is 10.0. The first-order chi connectivity index (χ1) is 10.6. The molecule has 0 saturated carbocycles. The Labute approximate surface area is 126 Å². The Morgan fingerprint density at radius 3 is 2.86 bits per heavy atom. The molecule has 1 amide bonds. The molecule has 0 radical (unpaired) electrons. The number of hydrogen-bond donors (Lipinski definition) is 3. The summed E-state index contributed by atoms with van der Waals surface area (Å²) in [5.41, 5.74) is 0.189. The van der Waals surface area contributed by atoms with E-state index in [9.17, 15) is 14.7 Å². The van der Waals surface area contributed by atoms with Gasteiger partial charge in [0.25, 0.3) is 0 Å². The van der Waals surface area contributed by atoms with Gasteiger partial charge in [0, 0.05) is 24.1 Å². The second-order valence-electron chi connectivity index (χ2n) is 4.63. The standard InChI is InChI=1S/C15H17NO6/c17-4-6-21-5-3-16-14(19)7-10-8-15(20)22-13-9-11(18)1-2-12(10)13/h1-2,8-9,17-18H,3-7H2,(H,16,19). The van der Waals surface area contributed by atoms with E-state index in [4.69, 9.17) is 14.3 Å². The van der Waals surface area contributed by atoms with Crippen LogP contribution in [0.15, 0.2) is 33.5 Å². The Balaban J connectivity index is 2.04. The van der Waals surface area contributed by atoms with E-state index < -0.39 is 5.63 Å². The third kappa shape index (κ3) is 4.31. The number of phenolic OH excluding ortho intramolecular Hbond substituents is 1. The number of aromatic hydroxyl groups is 1. The molecule has 0 aliphatic rings. The smallest absolute Gasteiger partial charge is 0.336 e. The molecule has 22 heavy (non-hydrogen) atoms. The number of phenols is 1. The Bertz CT molecular complexity index is 709. The minimum atomic E-state index is -0.577. The van der Waals surface area contributed by atoms with E-state index in [1.54, 1.807) is 6.07 Å². The van der Waals surface area contributed by atoms with E-state index in [0.29, 0.717) is 24.1 Å². The molecule has 0 aliphatic carbocycles. The molecule has 3 N–H and O–H groups in total. The highest BCUT2D eigenvalue weighted by Crippen LogP contribution is 2.21. The summed E-state index contributed by atoms with van der Waals surface area (Å²) in [6.45, 7) is 0.785. The first kappa shape index (κ1) is 16.0. The lowest BCUT2D eigenvalue weighted by Gasteiger charge is -2.07. The summed E-state index contributed by atoms with van der Waals surface area (Å²) in [5.74, 6) is -0.272. The van der Waals surface area contributed by atoms with Gasteiger partial charge in [-0.3, -0.25) is 4.79 Å². The van der Waals surface area contributed by atoms with Crippen molar-refractivity contribution < 1.29 is 24.2 Å². The first-order valence-electron chi connectivity index (χ1n) is 6.81. The van der Waals surface area contributed by atoms with E-state index in [-0.39, 0.29) is 36.9 Å². The number of rotatable bonds is 7. The Hall–Kier alpha value is -2.38. The number of carbonyl (C=O) groups is 1. The minimum absolute atomic E-state index is 0.0155. The zero-order valence-electron chi connectivity index (χ0n) is 11.9. The van der Waals surface area contributed by atoms with E-state index in [0.717, 1.165) is 0 Å². The highest BCUT2D eigenvalue weighted by molar-refractivity contribution is 5.87. The lowest BCUT2D eigenvalue weighted by atomic mass is 10.1. The molecular weight excluding hydrogens is 290 g/mol. The average Bonchev–Trinajstić information content (AvgIpc) is 2.46. The number of amides is 1. The number of fused-ring (bicyclic) bond motifs is 1. The molecule has 0 fully saturated rings. The number of benzene rings is 1. The molecule has 0 atom stereocenters. The van der Waals surface area contributed by atoms with Crippen LogP contribution < -0.4 is 10.9 Å². The van der Waals surface area contributed by atoms with Crippen LogP contribution in [0.3, 0.4) is 0 Å². The third-order valence-electron chi connectivity index (χ3n) is 2.97. The van der Waals surface area contributed by atoms with Crippen LogP contribution in [-0.4, -0.2) is 42.5 Å². The fraction of sp³-hybridized carbons (Fsp3) is 0.333. The third-order valence-corrected chi connectivity index (χ3v) is 2.97. The van der Waals surface area contributed by atoms with Gasteiger partial charge in [0.15, 0.2) is 0 Å². The molecule has 1 aromatic carbocycles. The summed E-state index contributed by atoms with van der Waals surface area (Å²) in [4.78, 5) is 23.4.